The minimum absolute atomic E-state index is 0.167. The summed E-state index contributed by atoms with van der Waals surface area (Å²) in [6, 6.07) is 0. The summed E-state index contributed by atoms with van der Waals surface area (Å²) in [7, 11) is 2.07. The monoisotopic (exact) mass is 305 g/mol. The lowest BCUT2D eigenvalue weighted by atomic mass is 9.97. The summed E-state index contributed by atoms with van der Waals surface area (Å²) in [5.74, 6) is 2.58. The molecule has 122 valence electrons. The minimum atomic E-state index is 0.167. The van der Waals surface area contributed by atoms with Crippen molar-refractivity contribution >= 4 is 5.91 Å². The second kappa shape index (κ2) is 6.77. The summed E-state index contributed by atoms with van der Waals surface area (Å²) in [5, 5.41) is 8.87. The van der Waals surface area contributed by atoms with E-state index in [1.807, 2.05) is 4.90 Å². The standard InChI is InChI=1S/C16H27N5O/c1-13(22)21-10-6-7-14(11-21)16-18-17-15(19(16)2)12-20-8-4-3-5-9-20/h14H,3-12H2,1-2H3/t14-/m1/s1. The zero-order chi connectivity index (χ0) is 15.5. The molecule has 22 heavy (non-hydrogen) atoms. The molecule has 0 N–H and O–H groups in total. The molecule has 1 amide bonds. The third-order valence-electron chi connectivity index (χ3n) is 5.04. The number of hydrogen-bond acceptors (Lipinski definition) is 4. The molecular weight excluding hydrogens is 278 g/mol. The van der Waals surface area contributed by atoms with Crippen molar-refractivity contribution in [3.8, 4) is 0 Å². The highest BCUT2D eigenvalue weighted by Gasteiger charge is 2.27. The van der Waals surface area contributed by atoms with Crippen LogP contribution < -0.4 is 0 Å². The van der Waals surface area contributed by atoms with Crippen LogP contribution in [0.2, 0.25) is 0 Å². The highest BCUT2D eigenvalue weighted by Crippen LogP contribution is 2.26. The molecular formula is C16H27N5O. The fourth-order valence-corrected chi connectivity index (χ4v) is 3.66. The lowest BCUT2D eigenvalue weighted by Crippen LogP contribution is -2.38. The third kappa shape index (κ3) is 3.32. The van der Waals surface area contributed by atoms with E-state index in [1.165, 1.54) is 32.4 Å². The molecule has 3 rings (SSSR count). The van der Waals surface area contributed by atoms with Crippen molar-refractivity contribution in [1.29, 1.82) is 0 Å². The molecule has 2 aliphatic rings. The Morgan fingerprint density at radius 3 is 2.64 bits per heavy atom. The van der Waals surface area contributed by atoms with Crippen molar-refractivity contribution in [3.63, 3.8) is 0 Å². The Balaban J connectivity index is 1.68. The Hall–Kier alpha value is -1.43. The molecule has 2 fully saturated rings. The van der Waals surface area contributed by atoms with E-state index >= 15 is 0 Å². The highest BCUT2D eigenvalue weighted by molar-refractivity contribution is 5.73. The first-order valence-corrected chi connectivity index (χ1v) is 8.51. The first-order valence-electron chi connectivity index (χ1n) is 8.51. The Morgan fingerprint density at radius 2 is 1.91 bits per heavy atom. The van der Waals surface area contributed by atoms with E-state index in [-0.39, 0.29) is 5.91 Å². The van der Waals surface area contributed by atoms with Crippen molar-refractivity contribution in [3.05, 3.63) is 11.6 Å². The van der Waals surface area contributed by atoms with Crippen LogP contribution in [0.3, 0.4) is 0 Å². The van der Waals surface area contributed by atoms with Crippen molar-refractivity contribution in [2.75, 3.05) is 26.2 Å². The number of carbonyl (C=O) groups excluding carboxylic acids is 1. The molecule has 1 aromatic heterocycles. The second-order valence-corrected chi connectivity index (χ2v) is 6.67. The SMILES string of the molecule is CC(=O)N1CCC[C@@H](c2nnc(CN3CCCCC3)n2C)C1. The number of amides is 1. The van der Waals surface area contributed by atoms with E-state index < -0.39 is 0 Å². The van der Waals surface area contributed by atoms with Crippen LogP contribution in [0.15, 0.2) is 0 Å². The van der Waals surface area contributed by atoms with Crippen molar-refractivity contribution in [1.82, 2.24) is 24.6 Å². The van der Waals surface area contributed by atoms with Gasteiger partial charge in [0.25, 0.3) is 0 Å². The number of hydrogen-bond donors (Lipinski definition) is 0. The molecule has 0 radical (unpaired) electrons. The van der Waals surface area contributed by atoms with Crippen LogP contribution in [0, 0.1) is 0 Å². The fourth-order valence-electron chi connectivity index (χ4n) is 3.66. The summed E-state index contributed by atoms with van der Waals surface area (Å²) in [5.41, 5.74) is 0. The van der Waals surface area contributed by atoms with Crippen LogP contribution in [0.4, 0.5) is 0 Å². The molecule has 0 aromatic carbocycles. The number of piperidine rings is 2. The number of rotatable bonds is 3. The van der Waals surface area contributed by atoms with Crippen LogP contribution in [0.5, 0.6) is 0 Å². The summed E-state index contributed by atoms with van der Waals surface area (Å²) in [6.07, 6.45) is 6.09. The zero-order valence-electron chi connectivity index (χ0n) is 13.8. The average molecular weight is 305 g/mol. The molecule has 6 heteroatoms. The second-order valence-electron chi connectivity index (χ2n) is 6.67. The lowest BCUT2D eigenvalue weighted by Gasteiger charge is -2.31. The Bertz CT molecular complexity index is 521. The minimum Gasteiger partial charge on any atom is -0.342 e. The maximum Gasteiger partial charge on any atom is 0.219 e. The van der Waals surface area contributed by atoms with Crippen molar-refractivity contribution < 1.29 is 4.79 Å². The van der Waals surface area contributed by atoms with E-state index in [9.17, 15) is 4.79 Å². The van der Waals surface area contributed by atoms with Gasteiger partial charge < -0.3 is 9.47 Å². The predicted octanol–water partition coefficient (Wildman–Crippen LogP) is 1.53. The van der Waals surface area contributed by atoms with Gasteiger partial charge in [-0.3, -0.25) is 9.69 Å². The van der Waals surface area contributed by atoms with E-state index in [4.69, 9.17) is 0 Å². The van der Waals surface area contributed by atoms with Crippen molar-refractivity contribution in [2.24, 2.45) is 7.05 Å². The quantitative estimate of drug-likeness (QED) is 0.850. The predicted molar refractivity (Wildman–Crippen MR) is 84.4 cm³/mol. The van der Waals surface area contributed by atoms with Gasteiger partial charge in [-0.05, 0) is 38.8 Å². The summed E-state index contributed by atoms with van der Waals surface area (Å²) >= 11 is 0. The maximum absolute atomic E-state index is 11.6. The van der Waals surface area contributed by atoms with E-state index in [2.05, 4.69) is 26.7 Å². The van der Waals surface area contributed by atoms with Gasteiger partial charge in [-0.25, -0.2) is 0 Å². The number of carbonyl (C=O) groups is 1. The molecule has 0 aliphatic carbocycles. The molecule has 0 spiro atoms. The van der Waals surface area contributed by atoms with Gasteiger partial charge in [0.15, 0.2) is 0 Å². The number of nitrogens with zero attached hydrogens (tertiary/aromatic N) is 5. The normalized spacial score (nSPS) is 23.7. The molecule has 0 saturated carbocycles. The number of likely N-dealkylation sites (tertiary alicyclic amines) is 2. The van der Waals surface area contributed by atoms with Gasteiger partial charge in [0.2, 0.25) is 5.91 Å². The molecule has 0 bridgehead atoms. The first kappa shape index (κ1) is 15.5. The smallest absolute Gasteiger partial charge is 0.219 e. The molecule has 6 nitrogen and oxygen atoms in total. The first-order chi connectivity index (χ1) is 10.6. The zero-order valence-corrected chi connectivity index (χ0v) is 13.8. The van der Waals surface area contributed by atoms with Crippen molar-refractivity contribution in [2.45, 2.75) is 51.5 Å². The van der Waals surface area contributed by atoms with Gasteiger partial charge in [-0.1, -0.05) is 6.42 Å². The summed E-state index contributed by atoms with van der Waals surface area (Å²) in [6.45, 7) is 6.55. The molecule has 0 unspecified atom stereocenters. The fraction of sp³-hybridized carbons (Fsp3) is 0.812. The van der Waals surface area contributed by atoms with Gasteiger partial charge in [-0.2, -0.15) is 0 Å². The van der Waals surface area contributed by atoms with Gasteiger partial charge in [0.1, 0.15) is 11.6 Å². The molecule has 2 aliphatic heterocycles. The molecule has 1 aromatic rings. The molecule has 2 saturated heterocycles. The van der Waals surface area contributed by atoms with E-state index in [0.717, 1.165) is 44.1 Å². The van der Waals surface area contributed by atoms with Crippen LogP contribution in [-0.4, -0.2) is 56.7 Å². The van der Waals surface area contributed by atoms with E-state index in [0.29, 0.717) is 5.92 Å². The topological polar surface area (TPSA) is 54.3 Å². The van der Waals surface area contributed by atoms with Gasteiger partial charge in [-0.15, -0.1) is 10.2 Å². The van der Waals surface area contributed by atoms with Crippen LogP contribution in [0.1, 0.15) is 56.6 Å². The maximum atomic E-state index is 11.6. The average Bonchev–Trinajstić information content (AvgIpc) is 2.89. The summed E-state index contributed by atoms with van der Waals surface area (Å²) in [4.78, 5) is 16.0. The lowest BCUT2D eigenvalue weighted by molar-refractivity contribution is -0.130. The molecule has 1 atom stereocenters. The van der Waals surface area contributed by atoms with Crippen LogP contribution in [0.25, 0.3) is 0 Å². The molecule has 3 heterocycles. The third-order valence-corrected chi connectivity index (χ3v) is 5.04. The van der Waals surface area contributed by atoms with Crippen LogP contribution in [-0.2, 0) is 18.4 Å². The number of aromatic nitrogens is 3. The summed E-state index contributed by atoms with van der Waals surface area (Å²) < 4.78 is 2.16. The highest BCUT2D eigenvalue weighted by atomic mass is 16.2. The van der Waals surface area contributed by atoms with E-state index in [1.54, 1.807) is 6.92 Å². The van der Waals surface area contributed by atoms with Gasteiger partial charge >= 0.3 is 0 Å². The largest absolute Gasteiger partial charge is 0.342 e. The Labute approximate surface area is 132 Å². The van der Waals surface area contributed by atoms with Crippen LogP contribution >= 0.6 is 0 Å². The Kier molecular flexibility index (Phi) is 4.76. The van der Waals surface area contributed by atoms with Gasteiger partial charge in [0.05, 0.1) is 6.54 Å². The van der Waals surface area contributed by atoms with Gasteiger partial charge in [0, 0.05) is 33.0 Å². The Morgan fingerprint density at radius 1 is 1.14 bits per heavy atom.